The minimum atomic E-state index is 0.292. The molecule has 21 heavy (non-hydrogen) atoms. The van der Waals surface area contributed by atoms with Crippen molar-refractivity contribution in [2.75, 3.05) is 0 Å². The number of hydrazone groups is 1. The standard InChI is InChI=1S/C17H21N3S/c21-17(18-13-10-11-13)20-16(12-6-2-1-3-7-12)14-8-4-5-9-15(14)19-20/h1-3,6-7,13-14,16H,4-5,8-11H2,(H,18,21)/t14-,16+/m1/s1. The van der Waals surface area contributed by atoms with E-state index in [1.807, 2.05) is 0 Å². The van der Waals surface area contributed by atoms with Crippen molar-refractivity contribution in [3.63, 3.8) is 0 Å². The maximum absolute atomic E-state index is 5.64. The van der Waals surface area contributed by atoms with Crippen LogP contribution in [0.15, 0.2) is 35.4 Å². The molecule has 1 aromatic rings. The third-order valence-corrected chi connectivity index (χ3v) is 5.07. The lowest BCUT2D eigenvalue weighted by atomic mass is 9.80. The zero-order valence-electron chi connectivity index (χ0n) is 12.2. The molecule has 0 spiro atoms. The molecule has 1 aromatic carbocycles. The molecular formula is C17H21N3S. The van der Waals surface area contributed by atoms with Crippen molar-refractivity contribution in [2.45, 2.75) is 50.6 Å². The smallest absolute Gasteiger partial charge is 0.190 e. The van der Waals surface area contributed by atoms with Crippen molar-refractivity contribution in [3.8, 4) is 0 Å². The second kappa shape index (κ2) is 5.41. The van der Waals surface area contributed by atoms with Gasteiger partial charge in [0.25, 0.3) is 0 Å². The normalized spacial score (nSPS) is 28.0. The number of benzene rings is 1. The molecular weight excluding hydrogens is 278 g/mol. The maximum atomic E-state index is 5.64. The lowest BCUT2D eigenvalue weighted by Crippen LogP contribution is -2.39. The van der Waals surface area contributed by atoms with Crippen LogP contribution in [0.5, 0.6) is 0 Å². The SMILES string of the molecule is S=C(NC1CC1)N1N=C2CCCC[C@H]2[C@@H]1c1ccccc1. The Morgan fingerprint density at radius 1 is 1.14 bits per heavy atom. The minimum Gasteiger partial charge on any atom is -0.358 e. The average molecular weight is 299 g/mol. The Morgan fingerprint density at radius 3 is 2.71 bits per heavy atom. The lowest BCUT2D eigenvalue weighted by molar-refractivity contribution is 0.297. The third kappa shape index (κ3) is 2.57. The van der Waals surface area contributed by atoms with Gasteiger partial charge >= 0.3 is 0 Å². The fraction of sp³-hybridized carbons (Fsp3) is 0.529. The first-order valence-corrected chi connectivity index (χ1v) is 8.46. The average Bonchev–Trinajstić information content (AvgIpc) is 3.25. The quantitative estimate of drug-likeness (QED) is 0.845. The molecule has 0 amide bonds. The van der Waals surface area contributed by atoms with E-state index < -0.39 is 0 Å². The summed E-state index contributed by atoms with van der Waals surface area (Å²) in [5, 5.41) is 11.3. The summed E-state index contributed by atoms with van der Waals surface area (Å²) in [5.41, 5.74) is 2.69. The van der Waals surface area contributed by atoms with Gasteiger partial charge in [-0.2, -0.15) is 5.10 Å². The fourth-order valence-corrected chi connectivity index (χ4v) is 3.84. The number of nitrogens with zero attached hydrogens (tertiary/aromatic N) is 2. The first-order valence-electron chi connectivity index (χ1n) is 8.05. The van der Waals surface area contributed by atoms with E-state index in [1.54, 1.807) is 0 Å². The summed E-state index contributed by atoms with van der Waals surface area (Å²) >= 11 is 5.64. The van der Waals surface area contributed by atoms with E-state index in [9.17, 15) is 0 Å². The molecule has 1 N–H and O–H groups in total. The highest BCUT2D eigenvalue weighted by Crippen LogP contribution is 2.42. The molecule has 3 nitrogen and oxygen atoms in total. The second-order valence-electron chi connectivity index (χ2n) is 6.37. The van der Waals surface area contributed by atoms with Gasteiger partial charge in [0.15, 0.2) is 5.11 Å². The number of nitrogens with one attached hydrogen (secondary N) is 1. The van der Waals surface area contributed by atoms with Crippen LogP contribution in [-0.4, -0.2) is 21.9 Å². The van der Waals surface area contributed by atoms with E-state index in [-0.39, 0.29) is 0 Å². The zero-order chi connectivity index (χ0) is 14.2. The summed E-state index contributed by atoms with van der Waals surface area (Å²) in [5.74, 6) is 0.542. The van der Waals surface area contributed by atoms with Gasteiger partial charge in [0.05, 0.1) is 6.04 Å². The number of rotatable bonds is 2. The van der Waals surface area contributed by atoms with Crippen molar-refractivity contribution < 1.29 is 0 Å². The Morgan fingerprint density at radius 2 is 1.95 bits per heavy atom. The van der Waals surface area contributed by atoms with Crippen molar-refractivity contribution in [3.05, 3.63) is 35.9 Å². The number of hydrogen-bond acceptors (Lipinski definition) is 2. The highest BCUT2D eigenvalue weighted by molar-refractivity contribution is 7.80. The van der Waals surface area contributed by atoms with Crippen molar-refractivity contribution in [1.82, 2.24) is 10.3 Å². The molecule has 2 atom stereocenters. The molecule has 1 heterocycles. The largest absolute Gasteiger partial charge is 0.358 e. The van der Waals surface area contributed by atoms with Crippen LogP contribution in [0.1, 0.15) is 50.1 Å². The zero-order valence-corrected chi connectivity index (χ0v) is 13.0. The molecule has 4 heteroatoms. The Balaban J connectivity index is 1.64. The lowest BCUT2D eigenvalue weighted by Gasteiger charge is -2.30. The van der Waals surface area contributed by atoms with E-state index in [0.717, 1.165) is 11.5 Å². The highest BCUT2D eigenvalue weighted by Gasteiger charge is 2.41. The first kappa shape index (κ1) is 13.3. The number of fused-ring (bicyclic) bond motifs is 1. The molecule has 3 aliphatic rings. The molecule has 110 valence electrons. The van der Waals surface area contributed by atoms with Gasteiger partial charge in [-0.05, 0) is 49.9 Å². The summed E-state index contributed by atoms with van der Waals surface area (Å²) in [6.07, 6.45) is 7.43. The van der Waals surface area contributed by atoms with Crippen LogP contribution in [0.3, 0.4) is 0 Å². The Labute approximate surface area is 131 Å². The van der Waals surface area contributed by atoms with Crippen LogP contribution in [-0.2, 0) is 0 Å². The molecule has 0 unspecified atom stereocenters. The van der Waals surface area contributed by atoms with Crippen LogP contribution in [0, 0.1) is 5.92 Å². The summed E-state index contributed by atoms with van der Waals surface area (Å²) < 4.78 is 0. The molecule has 0 saturated heterocycles. The molecule has 2 fully saturated rings. The molecule has 0 radical (unpaired) electrons. The van der Waals surface area contributed by atoms with Gasteiger partial charge in [-0.25, -0.2) is 5.01 Å². The van der Waals surface area contributed by atoms with Crippen molar-refractivity contribution >= 4 is 23.0 Å². The Bertz CT molecular complexity index is 565. The molecule has 4 rings (SSSR count). The predicted molar refractivity (Wildman–Crippen MR) is 89.2 cm³/mol. The van der Waals surface area contributed by atoms with Gasteiger partial charge in [-0.1, -0.05) is 36.8 Å². The van der Waals surface area contributed by atoms with Crippen molar-refractivity contribution in [1.29, 1.82) is 0 Å². The molecule has 0 aromatic heterocycles. The van der Waals surface area contributed by atoms with E-state index in [2.05, 4.69) is 40.7 Å². The predicted octanol–water partition coefficient (Wildman–Crippen LogP) is 3.63. The van der Waals surface area contributed by atoms with Crippen LogP contribution in [0.2, 0.25) is 0 Å². The number of thiocarbonyl (C=S) groups is 1. The molecule has 2 saturated carbocycles. The van der Waals surface area contributed by atoms with Crippen LogP contribution in [0.25, 0.3) is 0 Å². The summed E-state index contributed by atoms with van der Waals surface area (Å²) in [6, 6.07) is 11.6. The van der Waals surface area contributed by atoms with Crippen LogP contribution >= 0.6 is 12.2 Å². The van der Waals surface area contributed by atoms with Gasteiger partial charge in [0, 0.05) is 17.7 Å². The monoisotopic (exact) mass is 299 g/mol. The summed E-state index contributed by atoms with van der Waals surface area (Å²) in [6.45, 7) is 0. The first-order chi connectivity index (χ1) is 10.3. The van der Waals surface area contributed by atoms with Gasteiger partial charge in [0.1, 0.15) is 0 Å². The molecule has 1 aliphatic heterocycles. The fourth-order valence-electron chi connectivity index (χ4n) is 3.52. The topological polar surface area (TPSA) is 27.6 Å². The van der Waals surface area contributed by atoms with Crippen LogP contribution in [0.4, 0.5) is 0 Å². The highest BCUT2D eigenvalue weighted by atomic mass is 32.1. The van der Waals surface area contributed by atoms with E-state index >= 15 is 0 Å². The van der Waals surface area contributed by atoms with Crippen LogP contribution < -0.4 is 5.32 Å². The third-order valence-electron chi connectivity index (χ3n) is 4.76. The van der Waals surface area contributed by atoms with Gasteiger partial charge in [-0.15, -0.1) is 0 Å². The van der Waals surface area contributed by atoms with Crippen molar-refractivity contribution in [2.24, 2.45) is 11.0 Å². The van der Waals surface area contributed by atoms with Gasteiger partial charge < -0.3 is 5.32 Å². The van der Waals surface area contributed by atoms with Gasteiger partial charge in [0.2, 0.25) is 0 Å². The van der Waals surface area contributed by atoms with Gasteiger partial charge in [-0.3, -0.25) is 0 Å². The minimum absolute atomic E-state index is 0.292. The van der Waals surface area contributed by atoms with E-state index in [0.29, 0.717) is 18.0 Å². The summed E-state index contributed by atoms with van der Waals surface area (Å²) in [4.78, 5) is 0. The summed E-state index contributed by atoms with van der Waals surface area (Å²) in [7, 11) is 0. The Hall–Kier alpha value is -1.42. The number of hydrogen-bond donors (Lipinski definition) is 1. The molecule has 2 aliphatic carbocycles. The second-order valence-corrected chi connectivity index (χ2v) is 6.75. The maximum Gasteiger partial charge on any atom is 0.190 e. The van der Waals surface area contributed by atoms with E-state index in [4.69, 9.17) is 17.3 Å². The Kier molecular flexibility index (Phi) is 3.42. The van der Waals surface area contributed by atoms with E-state index in [1.165, 1.54) is 43.4 Å². The molecule has 0 bridgehead atoms.